The zero-order valence-corrected chi connectivity index (χ0v) is 10.4. The van der Waals surface area contributed by atoms with Gasteiger partial charge < -0.3 is 5.32 Å². The third-order valence-electron chi connectivity index (χ3n) is 3.57. The van der Waals surface area contributed by atoms with Crippen molar-refractivity contribution < 1.29 is 4.79 Å². The van der Waals surface area contributed by atoms with Gasteiger partial charge in [0.15, 0.2) is 0 Å². The highest BCUT2D eigenvalue weighted by Gasteiger charge is 2.33. The number of benzene rings is 1. The molecule has 1 aromatic carbocycles. The molecule has 0 radical (unpaired) electrons. The van der Waals surface area contributed by atoms with Crippen LogP contribution >= 0.6 is 0 Å². The van der Waals surface area contributed by atoms with Crippen molar-refractivity contribution in [1.82, 2.24) is 10.3 Å². The van der Waals surface area contributed by atoms with Crippen LogP contribution in [0.3, 0.4) is 0 Å². The van der Waals surface area contributed by atoms with Crippen molar-refractivity contribution in [3.05, 3.63) is 42.1 Å². The van der Waals surface area contributed by atoms with Crippen LogP contribution < -0.4 is 5.32 Å². The van der Waals surface area contributed by atoms with E-state index in [0.29, 0.717) is 6.42 Å². The van der Waals surface area contributed by atoms with Gasteiger partial charge in [-0.2, -0.15) is 0 Å². The molecule has 3 nitrogen and oxygen atoms in total. The van der Waals surface area contributed by atoms with Gasteiger partial charge in [0.2, 0.25) is 5.91 Å². The number of rotatable bonds is 2. The maximum atomic E-state index is 11.3. The lowest BCUT2D eigenvalue weighted by Crippen LogP contribution is -2.40. The van der Waals surface area contributed by atoms with Crippen LogP contribution in [0.15, 0.2) is 36.4 Å². The molecule has 1 unspecified atom stereocenters. The van der Waals surface area contributed by atoms with Gasteiger partial charge in [0.05, 0.1) is 5.52 Å². The molecule has 1 aliphatic heterocycles. The van der Waals surface area contributed by atoms with E-state index in [0.717, 1.165) is 29.4 Å². The Morgan fingerprint density at radius 2 is 2.11 bits per heavy atom. The van der Waals surface area contributed by atoms with Crippen molar-refractivity contribution in [2.45, 2.75) is 31.7 Å². The van der Waals surface area contributed by atoms with Gasteiger partial charge in [0.1, 0.15) is 0 Å². The Bertz CT molecular complexity index is 608. The minimum Gasteiger partial charge on any atom is -0.351 e. The fraction of sp³-hybridized carbons (Fsp3) is 0.333. The molecular weight excluding hydrogens is 224 g/mol. The molecule has 1 fully saturated rings. The highest BCUT2D eigenvalue weighted by Crippen LogP contribution is 2.24. The van der Waals surface area contributed by atoms with Crippen molar-refractivity contribution in [2.75, 3.05) is 0 Å². The second kappa shape index (κ2) is 4.09. The minimum absolute atomic E-state index is 0.132. The number of hydrogen-bond donors (Lipinski definition) is 1. The molecule has 0 saturated carbocycles. The predicted octanol–water partition coefficient (Wildman–Crippen LogP) is 2.45. The number of nitrogens with one attached hydrogen (secondary N) is 1. The van der Waals surface area contributed by atoms with Gasteiger partial charge in [0.25, 0.3) is 0 Å². The summed E-state index contributed by atoms with van der Waals surface area (Å²) in [5.74, 6) is 0.151. The van der Waals surface area contributed by atoms with Gasteiger partial charge in [-0.1, -0.05) is 24.3 Å². The van der Waals surface area contributed by atoms with Crippen LogP contribution in [0.1, 0.15) is 25.5 Å². The summed E-state index contributed by atoms with van der Waals surface area (Å²) in [7, 11) is 0. The lowest BCUT2D eigenvalue weighted by Gasteiger charge is -2.23. The summed E-state index contributed by atoms with van der Waals surface area (Å²) in [6.45, 7) is 2.09. The quantitative estimate of drug-likeness (QED) is 0.876. The number of carbonyl (C=O) groups is 1. The van der Waals surface area contributed by atoms with Crippen LogP contribution in [-0.4, -0.2) is 16.4 Å². The van der Waals surface area contributed by atoms with Crippen LogP contribution in [0, 0.1) is 0 Å². The summed E-state index contributed by atoms with van der Waals surface area (Å²) in [5, 5.41) is 4.20. The van der Waals surface area contributed by atoms with Gasteiger partial charge in [0, 0.05) is 29.5 Å². The monoisotopic (exact) mass is 240 g/mol. The molecule has 1 N–H and O–H groups in total. The first-order chi connectivity index (χ1) is 8.65. The van der Waals surface area contributed by atoms with Crippen molar-refractivity contribution in [3.63, 3.8) is 0 Å². The molecule has 2 aromatic rings. The minimum atomic E-state index is -0.132. The number of pyridine rings is 1. The third-order valence-corrected chi connectivity index (χ3v) is 3.57. The van der Waals surface area contributed by atoms with Crippen LogP contribution in [0.5, 0.6) is 0 Å². The highest BCUT2D eigenvalue weighted by molar-refractivity contribution is 5.80. The molecule has 3 heteroatoms. The molecule has 0 spiro atoms. The second-order valence-corrected chi connectivity index (χ2v) is 5.28. The lowest BCUT2D eigenvalue weighted by atomic mass is 9.93. The van der Waals surface area contributed by atoms with E-state index < -0.39 is 0 Å². The number of nitrogens with zero attached hydrogens (tertiary/aromatic N) is 1. The number of carbonyl (C=O) groups excluding carboxylic acids is 1. The van der Waals surface area contributed by atoms with Gasteiger partial charge >= 0.3 is 0 Å². The molecule has 0 bridgehead atoms. The smallest absolute Gasteiger partial charge is 0.220 e. The molecule has 1 atom stereocenters. The standard InChI is InChI=1S/C15H16N2O/c1-15(9-8-14(18)17-15)10-12-7-6-11-4-2-3-5-13(11)16-12/h2-7H,8-10H2,1H3,(H,17,18). The first kappa shape index (κ1) is 11.2. The first-order valence-corrected chi connectivity index (χ1v) is 6.30. The highest BCUT2D eigenvalue weighted by atomic mass is 16.2. The molecule has 3 rings (SSSR count). The van der Waals surface area contributed by atoms with Crippen molar-refractivity contribution >= 4 is 16.8 Å². The largest absolute Gasteiger partial charge is 0.351 e. The Morgan fingerprint density at radius 1 is 1.28 bits per heavy atom. The Hall–Kier alpha value is -1.90. The second-order valence-electron chi connectivity index (χ2n) is 5.28. The molecule has 0 aliphatic carbocycles. The number of para-hydroxylation sites is 1. The van der Waals surface area contributed by atoms with Crippen LogP contribution in [-0.2, 0) is 11.2 Å². The number of aromatic nitrogens is 1. The summed E-state index contributed by atoms with van der Waals surface area (Å²) in [6, 6.07) is 12.2. The van der Waals surface area contributed by atoms with Crippen LogP contribution in [0.4, 0.5) is 0 Å². The zero-order valence-electron chi connectivity index (χ0n) is 10.4. The molecule has 1 aromatic heterocycles. The summed E-state index contributed by atoms with van der Waals surface area (Å²) >= 11 is 0. The van der Waals surface area contributed by atoms with E-state index in [1.807, 2.05) is 18.2 Å². The number of fused-ring (bicyclic) bond motifs is 1. The van der Waals surface area contributed by atoms with Gasteiger partial charge in [-0.15, -0.1) is 0 Å². The van der Waals surface area contributed by atoms with Gasteiger partial charge in [-0.25, -0.2) is 0 Å². The van der Waals surface area contributed by atoms with Gasteiger partial charge in [-0.05, 0) is 25.5 Å². The Morgan fingerprint density at radius 3 is 2.89 bits per heavy atom. The summed E-state index contributed by atoms with van der Waals surface area (Å²) < 4.78 is 0. The molecule has 1 saturated heterocycles. The summed E-state index contributed by atoms with van der Waals surface area (Å²) in [6.07, 6.45) is 2.31. The fourth-order valence-corrected chi connectivity index (χ4v) is 2.59. The van der Waals surface area contributed by atoms with E-state index in [4.69, 9.17) is 0 Å². The molecule has 1 aliphatic rings. The SMILES string of the molecule is CC1(Cc2ccc3ccccc3n2)CCC(=O)N1. The maximum Gasteiger partial charge on any atom is 0.220 e. The molecule has 92 valence electrons. The van der Waals surface area contributed by atoms with E-state index in [-0.39, 0.29) is 11.4 Å². The maximum absolute atomic E-state index is 11.3. The average molecular weight is 240 g/mol. The van der Waals surface area contributed by atoms with Crippen LogP contribution in [0.25, 0.3) is 10.9 Å². The molecule has 18 heavy (non-hydrogen) atoms. The van der Waals surface area contributed by atoms with E-state index in [1.165, 1.54) is 0 Å². The number of hydrogen-bond acceptors (Lipinski definition) is 2. The van der Waals surface area contributed by atoms with Crippen molar-refractivity contribution in [3.8, 4) is 0 Å². The van der Waals surface area contributed by atoms with E-state index in [9.17, 15) is 4.79 Å². The molecular formula is C15H16N2O. The third kappa shape index (κ3) is 2.08. The van der Waals surface area contributed by atoms with Crippen LogP contribution in [0.2, 0.25) is 0 Å². The summed E-state index contributed by atoms with van der Waals surface area (Å²) in [5.41, 5.74) is 1.92. The topological polar surface area (TPSA) is 42.0 Å². The van der Waals surface area contributed by atoms with Crippen molar-refractivity contribution in [2.24, 2.45) is 0 Å². The lowest BCUT2D eigenvalue weighted by molar-refractivity contribution is -0.119. The van der Waals surface area contributed by atoms with E-state index in [1.54, 1.807) is 0 Å². The Balaban J connectivity index is 1.89. The first-order valence-electron chi connectivity index (χ1n) is 6.30. The molecule has 2 heterocycles. The predicted molar refractivity (Wildman–Crippen MR) is 71.2 cm³/mol. The summed E-state index contributed by atoms with van der Waals surface area (Å²) in [4.78, 5) is 16.0. The Labute approximate surface area is 106 Å². The normalized spacial score (nSPS) is 23.3. The number of amides is 1. The fourth-order valence-electron chi connectivity index (χ4n) is 2.59. The van der Waals surface area contributed by atoms with E-state index >= 15 is 0 Å². The zero-order chi connectivity index (χ0) is 12.6. The van der Waals surface area contributed by atoms with E-state index in [2.05, 4.69) is 35.4 Å². The Kier molecular flexibility index (Phi) is 2.54. The van der Waals surface area contributed by atoms with Crippen molar-refractivity contribution in [1.29, 1.82) is 0 Å². The van der Waals surface area contributed by atoms with Gasteiger partial charge in [-0.3, -0.25) is 9.78 Å². The average Bonchev–Trinajstić information content (AvgIpc) is 2.69. The molecule has 1 amide bonds.